The van der Waals surface area contributed by atoms with Crippen molar-refractivity contribution in [1.29, 1.82) is 0 Å². The van der Waals surface area contributed by atoms with Gasteiger partial charge in [0, 0.05) is 65.7 Å². The van der Waals surface area contributed by atoms with Crippen molar-refractivity contribution in [3.05, 3.63) is 175 Å². The van der Waals surface area contributed by atoms with Crippen LogP contribution in [0.1, 0.15) is 171 Å². The number of fused-ring (bicyclic) bond motifs is 14. The highest BCUT2D eigenvalue weighted by Gasteiger charge is 2.57. The fraction of sp³-hybridized carbons (Fsp3) is 0.470. The number of methoxy groups -OCH3 is 1. The van der Waals surface area contributed by atoms with Crippen molar-refractivity contribution in [1.82, 2.24) is 0 Å². The number of ether oxygens (including phenoxy) is 4. The lowest BCUT2D eigenvalue weighted by Gasteiger charge is -2.50. The molecule has 12 rings (SSSR count). The number of benzene rings is 4. The summed E-state index contributed by atoms with van der Waals surface area (Å²) in [4.78, 5) is 44.9. The molecule has 0 saturated heterocycles. The number of aliphatic hydroxyl groups excluding tert-OH is 3. The van der Waals surface area contributed by atoms with Crippen molar-refractivity contribution >= 4 is 29.0 Å². The second kappa shape index (κ2) is 22.3. The zero-order valence-electron chi connectivity index (χ0n) is 44.8. The quantitative estimate of drug-likeness (QED) is 0.0528. The van der Waals surface area contributed by atoms with Gasteiger partial charge in [0.1, 0.15) is 16.9 Å². The van der Waals surface area contributed by atoms with Gasteiger partial charge >= 0.3 is 17.6 Å². The molecule has 0 amide bonds. The Hall–Kier alpha value is -6.11. The lowest BCUT2D eigenvalue weighted by atomic mass is 9.56. The zero-order chi connectivity index (χ0) is 53.4. The standard InChI is InChI=1S/C66H74O11/c1-40(37-68)51-27-21-41-19-22-42(23-20-41)52-28-25-45(44-13-11-17-50(35-44)66-32-10-9-16-49(66)26-24-43-12-7-8-18-55(43)66)34-47(52)36-57(70)74-61-59-56(77-65(2,62(61)76-63(51)71)48-14-5-4-6-15-48)30-29-53-54(38-69)58(64(72)75-60(53)59)46(31-33-67)39-73-3/h7-8,11-13,17-20,22-26,28-30,35,45-49,52,61-62,67-69H,4-6,9-10,14-16,21,27,31-34,36-39H2,1-3H3/b51-40-/t45-,46+,47+,49+,52-,61+,62-,65-,66+/m0/s1. The van der Waals surface area contributed by atoms with E-state index in [4.69, 9.17) is 23.4 Å². The Morgan fingerprint density at radius 1 is 0.831 bits per heavy atom. The number of carbonyl (C=O) groups excluding carboxylic acids is 2. The van der Waals surface area contributed by atoms with Gasteiger partial charge in [0.05, 0.1) is 25.4 Å². The minimum absolute atomic E-state index is 0.00541. The van der Waals surface area contributed by atoms with E-state index in [9.17, 15) is 20.1 Å². The highest BCUT2D eigenvalue weighted by Crippen LogP contribution is 2.55. The summed E-state index contributed by atoms with van der Waals surface area (Å²) in [6.45, 7) is 2.64. The summed E-state index contributed by atoms with van der Waals surface area (Å²) in [7, 11) is 1.51. The highest BCUT2D eigenvalue weighted by atomic mass is 16.6. The van der Waals surface area contributed by atoms with Crippen LogP contribution in [-0.4, -0.2) is 65.9 Å². The van der Waals surface area contributed by atoms with Crippen LogP contribution in [0.5, 0.6) is 5.75 Å². The summed E-state index contributed by atoms with van der Waals surface area (Å²) in [5.41, 5.74) is 6.82. The summed E-state index contributed by atoms with van der Waals surface area (Å²) < 4.78 is 32.8. The van der Waals surface area contributed by atoms with Crippen LogP contribution in [-0.2, 0) is 42.2 Å². The van der Waals surface area contributed by atoms with E-state index in [1.807, 2.05) is 6.92 Å². The SMILES string of the molecule is COC[C@@H](CCO)c1c(CO)c2ccc3c(c2oc1=O)[C@H]1OC(=O)C[C@H]2C[C@@H](c4cccc([C@@]56CCCC[C@@H]5C=Cc5ccccc56)c4)C=C[C@H]2c2ccc(cc2)CC/C(=C(\C)CO)C(=O)O[C@@H]1[C@](C)(C1CCCCC1)O3. The van der Waals surface area contributed by atoms with Crippen LogP contribution < -0.4 is 10.4 Å². The summed E-state index contributed by atoms with van der Waals surface area (Å²) in [6.07, 6.45) is 17.6. The van der Waals surface area contributed by atoms with Gasteiger partial charge in [-0.05, 0) is 134 Å². The largest absolute Gasteiger partial charge is 0.483 e. The van der Waals surface area contributed by atoms with Gasteiger partial charge in [0.15, 0.2) is 12.2 Å². The molecule has 1 aromatic heterocycles. The number of hydrogen-bond donors (Lipinski definition) is 3. The molecule has 0 spiro atoms. The van der Waals surface area contributed by atoms with Gasteiger partial charge in [-0.15, -0.1) is 0 Å². The number of aryl methyl sites for hydroxylation is 1. The third-order valence-electron chi connectivity index (χ3n) is 18.8. The maximum absolute atomic E-state index is 15.5. The first-order valence-corrected chi connectivity index (χ1v) is 28.4. The Morgan fingerprint density at radius 2 is 1.64 bits per heavy atom. The molecule has 5 aromatic rings. The zero-order valence-corrected chi connectivity index (χ0v) is 44.8. The first-order chi connectivity index (χ1) is 37.5. The fourth-order valence-corrected chi connectivity index (χ4v) is 14.8. The van der Waals surface area contributed by atoms with E-state index in [-0.39, 0.29) is 84.9 Å². The van der Waals surface area contributed by atoms with Crippen molar-refractivity contribution < 1.29 is 48.3 Å². The van der Waals surface area contributed by atoms with Crippen LogP contribution in [0.15, 0.2) is 124 Å². The average molecular weight is 1040 g/mol. The van der Waals surface area contributed by atoms with Crippen LogP contribution in [0.25, 0.3) is 17.0 Å². The van der Waals surface area contributed by atoms with E-state index in [1.54, 1.807) is 19.1 Å². The van der Waals surface area contributed by atoms with E-state index in [1.165, 1.54) is 42.2 Å². The molecule has 4 aromatic carbocycles. The van der Waals surface area contributed by atoms with Gasteiger partial charge in [-0.25, -0.2) is 9.59 Å². The molecule has 11 heteroatoms. The van der Waals surface area contributed by atoms with Crippen LogP contribution in [0, 0.1) is 17.8 Å². The van der Waals surface area contributed by atoms with Gasteiger partial charge in [-0.2, -0.15) is 0 Å². The van der Waals surface area contributed by atoms with Gasteiger partial charge < -0.3 is 38.7 Å². The molecule has 4 aliphatic carbocycles. The Balaban J connectivity index is 1.04. The van der Waals surface area contributed by atoms with Gasteiger partial charge in [-0.1, -0.05) is 129 Å². The molecule has 2 fully saturated rings. The summed E-state index contributed by atoms with van der Waals surface area (Å²) in [5.74, 6) is -1.46. The molecule has 77 heavy (non-hydrogen) atoms. The van der Waals surface area contributed by atoms with E-state index in [2.05, 4.69) is 97.1 Å². The third-order valence-corrected chi connectivity index (χ3v) is 18.8. The number of rotatable bonds is 10. The molecule has 3 N–H and O–H groups in total. The van der Waals surface area contributed by atoms with Crippen LogP contribution in [0.3, 0.4) is 0 Å². The Bertz CT molecular complexity index is 3150. The molecular weight excluding hydrogens is 969 g/mol. The first kappa shape index (κ1) is 52.9. The molecule has 404 valence electrons. The monoisotopic (exact) mass is 1040 g/mol. The molecule has 2 bridgehead atoms. The van der Waals surface area contributed by atoms with Crippen molar-refractivity contribution in [3.63, 3.8) is 0 Å². The molecule has 7 aliphatic rings. The maximum atomic E-state index is 15.5. The van der Waals surface area contributed by atoms with Gasteiger partial charge in [0.25, 0.3) is 0 Å². The predicted molar refractivity (Wildman–Crippen MR) is 296 cm³/mol. The maximum Gasteiger partial charge on any atom is 0.340 e. The lowest BCUT2D eigenvalue weighted by Crippen LogP contribution is -2.58. The molecule has 11 nitrogen and oxygen atoms in total. The predicted octanol–water partition coefficient (Wildman–Crippen LogP) is 11.9. The highest BCUT2D eigenvalue weighted by molar-refractivity contribution is 5.90. The van der Waals surface area contributed by atoms with Gasteiger partial charge in [-0.3, -0.25) is 4.79 Å². The smallest absolute Gasteiger partial charge is 0.340 e. The van der Waals surface area contributed by atoms with E-state index >= 15 is 9.59 Å². The molecule has 9 atom stereocenters. The van der Waals surface area contributed by atoms with Crippen LogP contribution >= 0.6 is 0 Å². The molecule has 0 radical (unpaired) electrons. The molecule has 2 saturated carbocycles. The van der Waals surface area contributed by atoms with E-state index < -0.39 is 47.9 Å². The molecular formula is C66H74O11. The number of allylic oxidation sites excluding steroid dienone is 3. The molecule has 0 unspecified atom stereocenters. The Labute approximate surface area is 452 Å². The van der Waals surface area contributed by atoms with Crippen molar-refractivity contribution in [2.75, 3.05) is 26.9 Å². The number of aliphatic hydroxyl groups is 3. The summed E-state index contributed by atoms with van der Waals surface area (Å²) >= 11 is 0. The van der Waals surface area contributed by atoms with Crippen molar-refractivity contribution in [2.45, 2.75) is 151 Å². The van der Waals surface area contributed by atoms with E-state index in [0.717, 1.165) is 56.1 Å². The molecule has 3 aliphatic heterocycles. The Morgan fingerprint density at radius 3 is 2.42 bits per heavy atom. The second-order valence-corrected chi connectivity index (χ2v) is 23.1. The lowest BCUT2D eigenvalue weighted by molar-refractivity contribution is -0.201. The fourth-order valence-electron chi connectivity index (χ4n) is 14.8. The minimum Gasteiger partial charge on any atom is -0.483 e. The molecule has 4 heterocycles. The Kier molecular flexibility index (Phi) is 15.3. The number of esters is 2. The second-order valence-electron chi connectivity index (χ2n) is 23.1. The van der Waals surface area contributed by atoms with Crippen LogP contribution in [0.4, 0.5) is 0 Å². The minimum atomic E-state index is -1.32. The number of carbonyl (C=O) groups is 2. The van der Waals surface area contributed by atoms with Crippen LogP contribution in [0.2, 0.25) is 0 Å². The van der Waals surface area contributed by atoms with Crippen molar-refractivity contribution in [3.8, 4) is 5.75 Å². The third kappa shape index (κ3) is 9.74. The summed E-state index contributed by atoms with van der Waals surface area (Å²) in [6, 6.07) is 30.1. The van der Waals surface area contributed by atoms with E-state index in [0.29, 0.717) is 46.6 Å². The average Bonchev–Trinajstić information content (AvgIpc) is 3.61. The van der Waals surface area contributed by atoms with Gasteiger partial charge in [0.2, 0.25) is 0 Å². The normalized spacial score (nSPS) is 28.5. The topological polar surface area (TPSA) is 162 Å². The first-order valence-electron chi connectivity index (χ1n) is 28.4. The number of hydrogen-bond acceptors (Lipinski definition) is 11. The van der Waals surface area contributed by atoms with Crippen molar-refractivity contribution in [2.24, 2.45) is 17.8 Å². The summed E-state index contributed by atoms with van der Waals surface area (Å²) in [5, 5.41) is 32.1.